The Bertz CT molecular complexity index is 1120. The number of rotatable bonds is 8. The summed E-state index contributed by atoms with van der Waals surface area (Å²) in [5, 5.41) is 2.83. The summed E-state index contributed by atoms with van der Waals surface area (Å²) in [4.78, 5) is 32.4. The molecule has 8 heteroatoms. The minimum Gasteiger partial charge on any atom is -0.487 e. The SMILES string of the molecule is Cc1ccn(CCN2CCOCC2)c(=O)c1C(=O)Nc1ccc(OCc2ccccn2)cc1. The average molecular weight is 449 g/mol. The zero-order valence-electron chi connectivity index (χ0n) is 18.7. The maximum Gasteiger partial charge on any atom is 0.263 e. The van der Waals surface area contributed by atoms with Crippen LogP contribution < -0.4 is 15.6 Å². The second-order valence-corrected chi connectivity index (χ2v) is 7.91. The third kappa shape index (κ3) is 6.06. The Labute approximate surface area is 192 Å². The molecule has 0 aliphatic carbocycles. The third-order valence-electron chi connectivity index (χ3n) is 5.59. The van der Waals surface area contributed by atoms with E-state index in [0.717, 1.165) is 25.3 Å². The van der Waals surface area contributed by atoms with Gasteiger partial charge in [-0.25, -0.2) is 0 Å². The molecule has 1 aromatic carbocycles. The van der Waals surface area contributed by atoms with Crippen molar-refractivity contribution < 1.29 is 14.3 Å². The molecule has 33 heavy (non-hydrogen) atoms. The van der Waals surface area contributed by atoms with Crippen LogP contribution in [0.5, 0.6) is 5.75 Å². The molecule has 0 bridgehead atoms. The number of hydrogen-bond donors (Lipinski definition) is 1. The van der Waals surface area contributed by atoms with Gasteiger partial charge in [0.25, 0.3) is 11.5 Å². The number of aromatic nitrogens is 2. The smallest absolute Gasteiger partial charge is 0.263 e. The van der Waals surface area contributed by atoms with Gasteiger partial charge in [-0.15, -0.1) is 0 Å². The Morgan fingerprint density at radius 2 is 1.88 bits per heavy atom. The first kappa shape index (κ1) is 22.7. The van der Waals surface area contributed by atoms with E-state index in [1.807, 2.05) is 24.3 Å². The lowest BCUT2D eigenvalue weighted by Crippen LogP contribution is -2.40. The van der Waals surface area contributed by atoms with E-state index in [9.17, 15) is 9.59 Å². The van der Waals surface area contributed by atoms with Gasteiger partial charge in [-0.2, -0.15) is 0 Å². The average Bonchev–Trinajstić information content (AvgIpc) is 2.84. The molecule has 1 aliphatic heterocycles. The Morgan fingerprint density at radius 3 is 2.61 bits per heavy atom. The first-order chi connectivity index (χ1) is 16.1. The van der Waals surface area contributed by atoms with Crippen LogP contribution >= 0.6 is 0 Å². The highest BCUT2D eigenvalue weighted by Gasteiger charge is 2.17. The van der Waals surface area contributed by atoms with Crippen molar-refractivity contribution in [3.63, 3.8) is 0 Å². The second kappa shape index (κ2) is 10.9. The molecule has 8 nitrogen and oxygen atoms in total. The highest BCUT2D eigenvalue weighted by molar-refractivity contribution is 6.05. The van der Waals surface area contributed by atoms with Crippen LogP contribution in [0, 0.1) is 6.92 Å². The molecule has 1 fully saturated rings. The van der Waals surface area contributed by atoms with Crippen LogP contribution in [0.15, 0.2) is 65.7 Å². The molecule has 3 heterocycles. The maximum atomic E-state index is 13.0. The number of ether oxygens (including phenoxy) is 2. The summed E-state index contributed by atoms with van der Waals surface area (Å²) in [6.07, 6.45) is 3.47. The number of pyridine rings is 2. The summed E-state index contributed by atoms with van der Waals surface area (Å²) >= 11 is 0. The van der Waals surface area contributed by atoms with E-state index in [-0.39, 0.29) is 11.1 Å². The standard InChI is InChI=1S/C25H28N4O4/c1-19-9-11-29(13-12-28-14-16-32-17-15-28)25(31)23(19)24(30)27-20-5-7-22(8-6-20)33-18-21-4-2-3-10-26-21/h2-11H,12-18H2,1H3,(H,27,30). The van der Waals surface area contributed by atoms with E-state index in [1.54, 1.807) is 48.1 Å². The highest BCUT2D eigenvalue weighted by Crippen LogP contribution is 2.17. The Morgan fingerprint density at radius 1 is 1.09 bits per heavy atom. The van der Waals surface area contributed by atoms with E-state index >= 15 is 0 Å². The van der Waals surface area contributed by atoms with Crippen molar-refractivity contribution in [1.82, 2.24) is 14.5 Å². The highest BCUT2D eigenvalue weighted by atomic mass is 16.5. The van der Waals surface area contributed by atoms with E-state index < -0.39 is 5.91 Å². The van der Waals surface area contributed by atoms with Gasteiger partial charge in [0.05, 0.1) is 18.9 Å². The van der Waals surface area contributed by atoms with Gasteiger partial charge in [0.1, 0.15) is 17.9 Å². The molecule has 0 atom stereocenters. The molecule has 0 spiro atoms. The van der Waals surface area contributed by atoms with E-state index in [2.05, 4.69) is 15.2 Å². The third-order valence-corrected chi connectivity index (χ3v) is 5.59. The monoisotopic (exact) mass is 448 g/mol. The number of morpholine rings is 1. The Balaban J connectivity index is 1.38. The number of aryl methyl sites for hydroxylation is 1. The van der Waals surface area contributed by atoms with Crippen LogP contribution in [0.4, 0.5) is 5.69 Å². The Kier molecular flexibility index (Phi) is 7.49. The molecule has 1 N–H and O–H groups in total. The first-order valence-corrected chi connectivity index (χ1v) is 11.0. The molecule has 0 unspecified atom stereocenters. The quantitative estimate of drug-likeness (QED) is 0.570. The number of amides is 1. The number of carbonyl (C=O) groups is 1. The summed E-state index contributed by atoms with van der Waals surface area (Å²) in [5.41, 5.74) is 1.95. The number of nitrogens with zero attached hydrogens (tertiary/aromatic N) is 3. The van der Waals surface area contributed by atoms with Crippen molar-refractivity contribution >= 4 is 11.6 Å². The van der Waals surface area contributed by atoms with Gasteiger partial charge >= 0.3 is 0 Å². The lowest BCUT2D eigenvalue weighted by Gasteiger charge is -2.26. The summed E-state index contributed by atoms with van der Waals surface area (Å²) in [6.45, 7) is 6.55. The van der Waals surface area contributed by atoms with Crippen LogP contribution in [-0.4, -0.2) is 53.2 Å². The molecule has 1 aliphatic rings. The van der Waals surface area contributed by atoms with Gasteiger partial charge in [-0.05, 0) is 55.0 Å². The number of benzene rings is 1. The zero-order chi connectivity index (χ0) is 23.0. The first-order valence-electron chi connectivity index (χ1n) is 11.0. The minimum atomic E-state index is -0.416. The van der Waals surface area contributed by atoms with Crippen molar-refractivity contribution in [3.05, 3.63) is 88.1 Å². The largest absolute Gasteiger partial charge is 0.487 e. The van der Waals surface area contributed by atoms with E-state index in [1.165, 1.54) is 0 Å². The molecule has 0 saturated carbocycles. The number of anilines is 1. The van der Waals surface area contributed by atoms with Crippen molar-refractivity contribution in [3.8, 4) is 5.75 Å². The van der Waals surface area contributed by atoms with Gasteiger partial charge in [0.15, 0.2) is 0 Å². The molecular weight excluding hydrogens is 420 g/mol. The fraction of sp³-hybridized carbons (Fsp3) is 0.320. The lowest BCUT2D eigenvalue weighted by atomic mass is 10.1. The van der Waals surface area contributed by atoms with Crippen molar-refractivity contribution in [2.24, 2.45) is 0 Å². The predicted octanol–water partition coefficient (Wildman–Crippen LogP) is 2.72. The predicted molar refractivity (Wildman–Crippen MR) is 126 cm³/mol. The van der Waals surface area contributed by atoms with E-state index in [4.69, 9.17) is 9.47 Å². The van der Waals surface area contributed by atoms with Crippen LogP contribution in [0.3, 0.4) is 0 Å². The van der Waals surface area contributed by atoms with Gasteiger partial charge in [0.2, 0.25) is 0 Å². The summed E-state index contributed by atoms with van der Waals surface area (Å²) < 4.78 is 12.7. The van der Waals surface area contributed by atoms with Crippen LogP contribution in [0.25, 0.3) is 0 Å². The van der Waals surface area contributed by atoms with Crippen molar-refractivity contribution in [2.75, 3.05) is 38.2 Å². The van der Waals surface area contributed by atoms with Crippen LogP contribution in [0.2, 0.25) is 0 Å². The maximum absolute atomic E-state index is 13.0. The topological polar surface area (TPSA) is 85.7 Å². The molecule has 1 saturated heterocycles. The summed E-state index contributed by atoms with van der Waals surface area (Å²) in [7, 11) is 0. The zero-order valence-corrected chi connectivity index (χ0v) is 18.7. The molecule has 172 valence electrons. The second-order valence-electron chi connectivity index (χ2n) is 7.91. The van der Waals surface area contributed by atoms with Gasteiger partial charge in [0, 0.05) is 44.3 Å². The number of hydrogen-bond acceptors (Lipinski definition) is 6. The lowest BCUT2D eigenvalue weighted by molar-refractivity contribution is 0.0363. The fourth-order valence-corrected chi connectivity index (χ4v) is 3.66. The molecule has 1 amide bonds. The number of nitrogens with one attached hydrogen (secondary N) is 1. The van der Waals surface area contributed by atoms with Gasteiger partial charge in [-0.1, -0.05) is 6.07 Å². The van der Waals surface area contributed by atoms with Crippen LogP contribution in [0.1, 0.15) is 21.6 Å². The summed E-state index contributed by atoms with van der Waals surface area (Å²) in [5.74, 6) is 0.250. The van der Waals surface area contributed by atoms with Crippen molar-refractivity contribution in [2.45, 2.75) is 20.1 Å². The van der Waals surface area contributed by atoms with Gasteiger partial charge in [-0.3, -0.25) is 19.5 Å². The molecular formula is C25H28N4O4. The molecule has 3 aromatic rings. The normalized spacial score (nSPS) is 14.1. The minimum absolute atomic E-state index is 0.162. The molecule has 4 rings (SSSR count). The van der Waals surface area contributed by atoms with Crippen molar-refractivity contribution in [1.29, 1.82) is 0 Å². The van der Waals surface area contributed by atoms with E-state index in [0.29, 0.717) is 43.4 Å². The molecule has 2 aromatic heterocycles. The summed E-state index contributed by atoms with van der Waals surface area (Å²) in [6, 6.07) is 14.5. The fourth-order valence-electron chi connectivity index (χ4n) is 3.66. The Hall–Kier alpha value is -3.49. The molecule has 0 radical (unpaired) electrons. The van der Waals surface area contributed by atoms with Gasteiger partial charge < -0.3 is 19.4 Å². The van der Waals surface area contributed by atoms with Crippen LogP contribution in [-0.2, 0) is 17.9 Å². The number of carbonyl (C=O) groups excluding carboxylic acids is 1.